The van der Waals surface area contributed by atoms with E-state index in [9.17, 15) is 0 Å². The van der Waals surface area contributed by atoms with Gasteiger partial charge in [0.2, 0.25) is 0 Å². The molecule has 0 unspecified atom stereocenters. The van der Waals surface area contributed by atoms with E-state index in [0.29, 0.717) is 17.7 Å². The molecule has 0 aromatic heterocycles. The Bertz CT molecular complexity index is 387. The number of likely N-dealkylation sites (tertiary alicyclic amines) is 1. The van der Waals surface area contributed by atoms with Crippen molar-refractivity contribution in [2.45, 2.75) is 25.9 Å². The third-order valence-corrected chi connectivity index (χ3v) is 3.34. The van der Waals surface area contributed by atoms with Crippen LogP contribution in [0.3, 0.4) is 0 Å². The molecule has 0 bridgehead atoms. The summed E-state index contributed by atoms with van der Waals surface area (Å²) in [5, 5.41) is 0.688. The summed E-state index contributed by atoms with van der Waals surface area (Å²) in [6.45, 7) is 5.48. The van der Waals surface area contributed by atoms with Crippen LogP contribution in [0.25, 0.3) is 0 Å². The van der Waals surface area contributed by atoms with Crippen molar-refractivity contribution in [3.63, 3.8) is 0 Å². The highest BCUT2D eigenvalue weighted by Gasteiger charge is 2.20. The minimum absolute atomic E-state index is 0. The highest BCUT2D eigenvalue weighted by molar-refractivity contribution is 6.32. The first-order chi connectivity index (χ1) is 8.20. The molecule has 1 aromatic rings. The molecular formula is C13H20Cl2N2O. The number of para-hydroxylation sites is 1. The monoisotopic (exact) mass is 290 g/mol. The predicted octanol–water partition coefficient (Wildman–Crippen LogP) is 2.69. The maximum absolute atomic E-state index is 6.15. The van der Waals surface area contributed by atoms with Crippen LogP contribution in [-0.4, -0.2) is 30.6 Å². The smallest absolute Gasteiger partial charge is 0.142 e. The molecule has 1 aliphatic heterocycles. The normalized spacial score (nSPS) is 19.6. The van der Waals surface area contributed by atoms with E-state index in [4.69, 9.17) is 22.1 Å². The molecule has 0 aliphatic carbocycles. The van der Waals surface area contributed by atoms with E-state index in [0.717, 1.165) is 37.4 Å². The lowest BCUT2D eigenvalue weighted by Gasteiger charge is -2.18. The first kappa shape index (κ1) is 15.6. The van der Waals surface area contributed by atoms with Gasteiger partial charge < -0.3 is 10.5 Å². The van der Waals surface area contributed by atoms with Gasteiger partial charge in [-0.1, -0.05) is 23.7 Å². The molecule has 2 rings (SSSR count). The Balaban J connectivity index is 0.00000162. The molecule has 5 heteroatoms. The summed E-state index contributed by atoms with van der Waals surface area (Å²) in [5.74, 6) is 0.817. The fourth-order valence-electron chi connectivity index (χ4n) is 2.23. The van der Waals surface area contributed by atoms with Gasteiger partial charge in [0, 0.05) is 31.2 Å². The summed E-state index contributed by atoms with van der Waals surface area (Å²) in [7, 11) is 0. The Hall–Kier alpha value is -0.480. The number of hydrogen-bond acceptors (Lipinski definition) is 3. The molecule has 18 heavy (non-hydrogen) atoms. The molecule has 1 atom stereocenters. The van der Waals surface area contributed by atoms with Gasteiger partial charge in [0.05, 0.1) is 11.6 Å². The van der Waals surface area contributed by atoms with Crippen molar-refractivity contribution in [1.29, 1.82) is 0 Å². The zero-order valence-electron chi connectivity index (χ0n) is 10.6. The molecule has 1 heterocycles. The maximum Gasteiger partial charge on any atom is 0.142 e. The van der Waals surface area contributed by atoms with E-state index in [1.807, 2.05) is 19.1 Å². The second kappa shape index (κ2) is 7.19. The third-order valence-electron chi connectivity index (χ3n) is 3.04. The largest absolute Gasteiger partial charge is 0.492 e. The molecular weight excluding hydrogens is 271 g/mol. The van der Waals surface area contributed by atoms with Crippen LogP contribution in [0.15, 0.2) is 18.2 Å². The Labute approximate surface area is 120 Å². The van der Waals surface area contributed by atoms with Crippen LogP contribution < -0.4 is 10.5 Å². The predicted molar refractivity (Wildman–Crippen MR) is 77.7 cm³/mol. The van der Waals surface area contributed by atoms with Crippen molar-refractivity contribution < 1.29 is 4.74 Å². The van der Waals surface area contributed by atoms with Crippen molar-refractivity contribution >= 4 is 24.0 Å². The lowest BCUT2D eigenvalue weighted by Crippen LogP contribution is -2.26. The standard InChI is InChI=1S/C13H19ClN2O.ClH/c1-2-17-13-10(4-3-5-12(13)14)8-16-7-6-11(15)9-16;/h3-5,11H,2,6-9,15H2,1H3;1H/t11-;/m1./s1. The van der Waals surface area contributed by atoms with E-state index >= 15 is 0 Å². The van der Waals surface area contributed by atoms with Gasteiger partial charge >= 0.3 is 0 Å². The number of rotatable bonds is 4. The SMILES string of the molecule is CCOc1c(Cl)cccc1CN1CC[C@@H](N)C1.Cl. The summed E-state index contributed by atoms with van der Waals surface area (Å²) in [6, 6.07) is 6.22. The Morgan fingerprint density at radius 1 is 1.50 bits per heavy atom. The molecule has 0 amide bonds. The van der Waals surface area contributed by atoms with Crippen molar-refractivity contribution in [2.75, 3.05) is 19.7 Å². The summed E-state index contributed by atoms with van der Waals surface area (Å²) in [4.78, 5) is 2.35. The number of halogens is 2. The average Bonchev–Trinajstić information content (AvgIpc) is 2.69. The molecule has 102 valence electrons. The van der Waals surface area contributed by atoms with Crippen LogP contribution in [0.5, 0.6) is 5.75 Å². The van der Waals surface area contributed by atoms with Crippen molar-refractivity contribution in [2.24, 2.45) is 5.73 Å². The summed E-state index contributed by atoms with van der Waals surface area (Å²) in [6.07, 6.45) is 1.07. The Kier molecular flexibility index (Phi) is 6.22. The zero-order valence-corrected chi connectivity index (χ0v) is 12.1. The van der Waals surface area contributed by atoms with Gasteiger partial charge in [-0.25, -0.2) is 0 Å². The highest BCUT2D eigenvalue weighted by atomic mass is 35.5. The molecule has 1 saturated heterocycles. The second-order valence-electron chi connectivity index (χ2n) is 4.44. The van der Waals surface area contributed by atoms with Crippen LogP contribution in [0.4, 0.5) is 0 Å². The third kappa shape index (κ3) is 3.75. The van der Waals surface area contributed by atoms with Crippen molar-refractivity contribution in [1.82, 2.24) is 4.90 Å². The van der Waals surface area contributed by atoms with Crippen LogP contribution in [0.2, 0.25) is 5.02 Å². The van der Waals surface area contributed by atoms with Crippen LogP contribution >= 0.6 is 24.0 Å². The molecule has 0 spiro atoms. The molecule has 2 N–H and O–H groups in total. The summed E-state index contributed by atoms with van der Waals surface area (Å²) < 4.78 is 5.62. The van der Waals surface area contributed by atoms with E-state index in [1.165, 1.54) is 0 Å². The number of ether oxygens (including phenoxy) is 1. The molecule has 3 nitrogen and oxygen atoms in total. The van der Waals surface area contributed by atoms with Crippen LogP contribution in [0.1, 0.15) is 18.9 Å². The molecule has 1 fully saturated rings. The fourth-order valence-corrected chi connectivity index (χ4v) is 2.48. The van der Waals surface area contributed by atoms with Crippen molar-refractivity contribution in [3.8, 4) is 5.75 Å². The molecule has 1 aliphatic rings. The topological polar surface area (TPSA) is 38.5 Å². The van der Waals surface area contributed by atoms with Gasteiger partial charge in [-0.15, -0.1) is 12.4 Å². The number of benzene rings is 1. The van der Waals surface area contributed by atoms with Gasteiger partial charge in [0.25, 0.3) is 0 Å². The maximum atomic E-state index is 6.15. The number of hydrogen-bond donors (Lipinski definition) is 1. The quantitative estimate of drug-likeness (QED) is 0.927. The zero-order chi connectivity index (χ0) is 12.3. The lowest BCUT2D eigenvalue weighted by atomic mass is 10.2. The van der Waals surface area contributed by atoms with Gasteiger partial charge in [-0.05, 0) is 19.4 Å². The van der Waals surface area contributed by atoms with Gasteiger partial charge in [-0.3, -0.25) is 4.90 Å². The fraction of sp³-hybridized carbons (Fsp3) is 0.538. The molecule has 0 saturated carbocycles. The van der Waals surface area contributed by atoms with Gasteiger partial charge in [-0.2, -0.15) is 0 Å². The Morgan fingerprint density at radius 3 is 2.89 bits per heavy atom. The average molecular weight is 291 g/mol. The second-order valence-corrected chi connectivity index (χ2v) is 4.85. The minimum atomic E-state index is 0. The van der Waals surface area contributed by atoms with E-state index in [1.54, 1.807) is 0 Å². The van der Waals surface area contributed by atoms with Crippen LogP contribution in [0, 0.1) is 0 Å². The minimum Gasteiger partial charge on any atom is -0.492 e. The molecule has 1 aromatic carbocycles. The summed E-state index contributed by atoms with van der Waals surface area (Å²) in [5.41, 5.74) is 7.05. The molecule has 0 radical (unpaired) electrons. The number of nitrogens with zero attached hydrogens (tertiary/aromatic N) is 1. The van der Waals surface area contributed by atoms with Gasteiger partial charge in [0.1, 0.15) is 5.75 Å². The first-order valence-corrected chi connectivity index (χ1v) is 6.46. The lowest BCUT2D eigenvalue weighted by molar-refractivity contribution is 0.302. The van der Waals surface area contributed by atoms with Crippen molar-refractivity contribution in [3.05, 3.63) is 28.8 Å². The van der Waals surface area contributed by atoms with E-state index in [-0.39, 0.29) is 12.4 Å². The van der Waals surface area contributed by atoms with E-state index in [2.05, 4.69) is 11.0 Å². The Morgan fingerprint density at radius 2 is 2.28 bits per heavy atom. The highest BCUT2D eigenvalue weighted by Crippen LogP contribution is 2.30. The summed E-state index contributed by atoms with van der Waals surface area (Å²) >= 11 is 6.15. The first-order valence-electron chi connectivity index (χ1n) is 6.08. The van der Waals surface area contributed by atoms with E-state index < -0.39 is 0 Å². The van der Waals surface area contributed by atoms with Gasteiger partial charge in [0.15, 0.2) is 0 Å². The van der Waals surface area contributed by atoms with Crippen LogP contribution in [-0.2, 0) is 6.54 Å². The number of nitrogens with two attached hydrogens (primary N) is 1.